The Morgan fingerprint density at radius 1 is 1.44 bits per heavy atom. The molecule has 16 heavy (non-hydrogen) atoms. The number of aliphatic hydroxyl groups excluding tert-OH is 1. The first kappa shape index (κ1) is 13.4. The van der Waals surface area contributed by atoms with Crippen molar-refractivity contribution < 1.29 is 9.50 Å². The Morgan fingerprint density at radius 3 is 2.69 bits per heavy atom. The van der Waals surface area contributed by atoms with Crippen LogP contribution >= 0.6 is 11.6 Å². The summed E-state index contributed by atoms with van der Waals surface area (Å²) < 4.78 is 13.1. The van der Waals surface area contributed by atoms with E-state index in [9.17, 15) is 9.50 Å². The first-order chi connectivity index (χ1) is 7.54. The van der Waals surface area contributed by atoms with Crippen LogP contribution in [0.2, 0.25) is 5.02 Å². The maximum atomic E-state index is 13.1. The Labute approximate surface area is 100 Å². The molecule has 0 radical (unpaired) electrons. The normalized spacial score (nSPS) is 14.8. The topological polar surface area (TPSA) is 46.2 Å². The van der Waals surface area contributed by atoms with Gasteiger partial charge >= 0.3 is 0 Å². The summed E-state index contributed by atoms with van der Waals surface area (Å²) in [4.78, 5) is 0. The van der Waals surface area contributed by atoms with Crippen LogP contribution in [0, 0.1) is 5.82 Å². The minimum absolute atomic E-state index is 0.299. The molecule has 0 saturated heterocycles. The second-order valence-electron chi connectivity index (χ2n) is 3.94. The molecule has 0 amide bonds. The minimum atomic E-state index is -0.655. The summed E-state index contributed by atoms with van der Waals surface area (Å²) in [7, 11) is 0. The van der Waals surface area contributed by atoms with Crippen LogP contribution in [0.1, 0.15) is 37.8 Å². The fraction of sp³-hybridized carbons (Fsp3) is 0.500. The summed E-state index contributed by atoms with van der Waals surface area (Å²) in [6, 6.07) is 3.53. The zero-order chi connectivity index (χ0) is 12.1. The highest BCUT2D eigenvalue weighted by molar-refractivity contribution is 6.30. The summed E-state index contributed by atoms with van der Waals surface area (Å²) in [5.41, 5.74) is 6.38. The summed E-state index contributed by atoms with van der Waals surface area (Å²) in [5.74, 6) is -0.430. The van der Waals surface area contributed by atoms with Gasteiger partial charge in [-0.25, -0.2) is 4.39 Å². The zero-order valence-corrected chi connectivity index (χ0v) is 10.0. The van der Waals surface area contributed by atoms with E-state index in [1.165, 1.54) is 12.1 Å². The molecule has 4 heteroatoms. The number of aliphatic hydroxyl groups is 1. The summed E-state index contributed by atoms with van der Waals surface area (Å²) in [6.45, 7) is 2.04. The Morgan fingerprint density at radius 2 is 2.12 bits per heavy atom. The van der Waals surface area contributed by atoms with Crippen LogP contribution in [-0.4, -0.2) is 11.2 Å². The maximum absolute atomic E-state index is 13.1. The Hall–Kier alpha value is -0.640. The molecule has 0 aliphatic heterocycles. The molecule has 0 aromatic heterocycles. The van der Waals surface area contributed by atoms with Gasteiger partial charge in [-0.3, -0.25) is 0 Å². The lowest BCUT2D eigenvalue weighted by Gasteiger charge is -2.19. The van der Waals surface area contributed by atoms with Crippen molar-refractivity contribution in [1.82, 2.24) is 0 Å². The molecule has 90 valence electrons. The van der Waals surface area contributed by atoms with Gasteiger partial charge in [0.1, 0.15) is 5.82 Å². The van der Waals surface area contributed by atoms with Crippen molar-refractivity contribution in [3.8, 4) is 0 Å². The number of unbranched alkanes of at least 4 members (excludes halogenated alkanes) is 1. The van der Waals surface area contributed by atoms with Crippen molar-refractivity contribution in [2.24, 2.45) is 5.73 Å². The summed E-state index contributed by atoms with van der Waals surface area (Å²) >= 11 is 5.73. The molecule has 0 saturated carbocycles. The number of nitrogens with two attached hydrogens (primary N) is 1. The molecule has 0 aliphatic carbocycles. The van der Waals surface area contributed by atoms with Crippen LogP contribution in [0.4, 0.5) is 4.39 Å². The largest absolute Gasteiger partial charge is 0.391 e. The molecule has 0 aliphatic rings. The first-order valence-electron chi connectivity index (χ1n) is 5.44. The van der Waals surface area contributed by atoms with Gasteiger partial charge in [-0.1, -0.05) is 31.4 Å². The lowest BCUT2D eigenvalue weighted by atomic mass is 9.98. The van der Waals surface area contributed by atoms with Gasteiger partial charge in [0.15, 0.2) is 0 Å². The van der Waals surface area contributed by atoms with Gasteiger partial charge in [0.2, 0.25) is 0 Å². The van der Waals surface area contributed by atoms with Crippen molar-refractivity contribution in [3.63, 3.8) is 0 Å². The van der Waals surface area contributed by atoms with Gasteiger partial charge in [0.05, 0.1) is 12.1 Å². The average molecular weight is 246 g/mol. The van der Waals surface area contributed by atoms with Crippen molar-refractivity contribution >= 4 is 11.6 Å². The standard InChI is InChI=1S/C12H17ClFNO/c1-2-3-4-11(16)12(15)8-5-9(13)7-10(14)6-8/h5-7,11-12,16H,2-4,15H2,1H3/t11-,12+/m0/s1. The fourth-order valence-electron chi connectivity index (χ4n) is 1.58. The summed E-state index contributed by atoms with van der Waals surface area (Å²) in [6.07, 6.45) is 1.86. The number of hydrogen-bond acceptors (Lipinski definition) is 2. The second-order valence-corrected chi connectivity index (χ2v) is 4.37. The zero-order valence-electron chi connectivity index (χ0n) is 9.29. The van der Waals surface area contributed by atoms with E-state index in [1.54, 1.807) is 6.07 Å². The molecule has 1 aromatic carbocycles. The third kappa shape index (κ3) is 3.74. The Balaban J connectivity index is 2.74. The molecule has 0 spiro atoms. The third-order valence-electron chi connectivity index (χ3n) is 2.54. The van der Waals surface area contributed by atoms with E-state index >= 15 is 0 Å². The summed E-state index contributed by atoms with van der Waals surface area (Å²) in [5, 5.41) is 10.1. The van der Waals surface area contributed by atoms with Crippen LogP contribution in [0.25, 0.3) is 0 Å². The quantitative estimate of drug-likeness (QED) is 0.838. The molecule has 3 N–H and O–H groups in total. The van der Waals surface area contributed by atoms with Gasteiger partial charge < -0.3 is 10.8 Å². The molecule has 2 nitrogen and oxygen atoms in total. The highest BCUT2D eigenvalue weighted by Crippen LogP contribution is 2.22. The highest BCUT2D eigenvalue weighted by Gasteiger charge is 2.17. The molecular weight excluding hydrogens is 229 g/mol. The van der Waals surface area contributed by atoms with E-state index in [0.29, 0.717) is 17.0 Å². The number of rotatable bonds is 5. The minimum Gasteiger partial charge on any atom is -0.391 e. The number of hydrogen-bond donors (Lipinski definition) is 2. The van der Waals surface area contributed by atoms with Crippen molar-refractivity contribution in [3.05, 3.63) is 34.6 Å². The fourth-order valence-corrected chi connectivity index (χ4v) is 1.81. The van der Waals surface area contributed by atoms with Gasteiger partial charge in [-0.2, -0.15) is 0 Å². The molecule has 0 fully saturated rings. The molecule has 2 atom stereocenters. The molecular formula is C12H17ClFNO. The highest BCUT2D eigenvalue weighted by atomic mass is 35.5. The molecule has 1 rings (SSSR count). The Kier molecular flexibility index (Phi) is 5.19. The molecule has 0 bridgehead atoms. The van der Waals surface area contributed by atoms with Crippen molar-refractivity contribution in [1.29, 1.82) is 0 Å². The van der Waals surface area contributed by atoms with Crippen LogP contribution in [0.5, 0.6) is 0 Å². The monoisotopic (exact) mass is 245 g/mol. The lowest BCUT2D eigenvalue weighted by Crippen LogP contribution is -2.26. The third-order valence-corrected chi connectivity index (χ3v) is 2.76. The smallest absolute Gasteiger partial charge is 0.125 e. The van der Waals surface area contributed by atoms with Crippen molar-refractivity contribution in [2.75, 3.05) is 0 Å². The molecule has 0 unspecified atom stereocenters. The predicted octanol–water partition coefficient (Wildman–Crippen LogP) is 3.03. The number of benzene rings is 1. The van der Waals surface area contributed by atoms with Gasteiger partial charge in [-0.05, 0) is 30.2 Å². The van der Waals surface area contributed by atoms with E-state index in [-0.39, 0.29) is 0 Å². The maximum Gasteiger partial charge on any atom is 0.125 e. The van der Waals surface area contributed by atoms with Crippen LogP contribution in [0.3, 0.4) is 0 Å². The van der Waals surface area contributed by atoms with Gasteiger partial charge in [0, 0.05) is 5.02 Å². The van der Waals surface area contributed by atoms with E-state index in [4.69, 9.17) is 17.3 Å². The van der Waals surface area contributed by atoms with Crippen molar-refractivity contribution in [2.45, 2.75) is 38.3 Å². The van der Waals surface area contributed by atoms with Gasteiger partial charge in [-0.15, -0.1) is 0 Å². The molecule has 0 heterocycles. The lowest BCUT2D eigenvalue weighted by molar-refractivity contribution is 0.132. The first-order valence-corrected chi connectivity index (χ1v) is 5.82. The van der Waals surface area contributed by atoms with Crippen LogP contribution in [-0.2, 0) is 0 Å². The van der Waals surface area contributed by atoms with E-state index in [0.717, 1.165) is 12.8 Å². The van der Waals surface area contributed by atoms with Crippen LogP contribution in [0.15, 0.2) is 18.2 Å². The van der Waals surface area contributed by atoms with Gasteiger partial charge in [0.25, 0.3) is 0 Å². The van der Waals surface area contributed by atoms with E-state index in [2.05, 4.69) is 0 Å². The predicted molar refractivity (Wildman–Crippen MR) is 63.9 cm³/mol. The van der Waals surface area contributed by atoms with Crippen LogP contribution < -0.4 is 5.73 Å². The van der Waals surface area contributed by atoms with E-state index < -0.39 is 18.0 Å². The van der Waals surface area contributed by atoms with E-state index in [1.807, 2.05) is 6.92 Å². The number of halogens is 2. The Bertz CT molecular complexity index is 326. The average Bonchev–Trinajstić information content (AvgIpc) is 2.23. The SMILES string of the molecule is CCCC[C@H](O)[C@H](N)c1cc(F)cc(Cl)c1. The second kappa shape index (κ2) is 6.18. The molecule has 1 aromatic rings.